The first-order valence-electron chi connectivity index (χ1n) is 7.10. The lowest BCUT2D eigenvalue weighted by Crippen LogP contribution is -2.63. The molecule has 3 N–H and O–H groups in total. The minimum atomic E-state index is -0.567. The fourth-order valence-corrected chi connectivity index (χ4v) is 3.53. The highest BCUT2D eigenvalue weighted by atomic mass is 16.5. The third kappa shape index (κ3) is 4.71. The van der Waals surface area contributed by atoms with Crippen LogP contribution in [0.5, 0.6) is 0 Å². The van der Waals surface area contributed by atoms with Crippen LogP contribution in [0.3, 0.4) is 0 Å². The Morgan fingerprint density at radius 2 is 1.42 bits per heavy atom. The average Bonchev–Trinajstić information content (AvgIpc) is 2.21. The molecule has 0 saturated carbocycles. The Hall–Kier alpha value is -0.160. The summed E-state index contributed by atoms with van der Waals surface area (Å²) in [6.07, 6.45) is 1.83. The van der Waals surface area contributed by atoms with E-state index in [0.717, 1.165) is 12.8 Å². The number of hydrogen-bond acceptors (Lipinski definition) is 4. The van der Waals surface area contributed by atoms with E-state index in [-0.39, 0.29) is 29.9 Å². The van der Waals surface area contributed by atoms with Gasteiger partial charge in [-0.3, -0.25) is 0 Å². The van der Waals surface area contributed by atoms with Crippen LogP contribution in [-0.4, -0.2) is 46.7 Å². The molecule has 1 aliphatic heterocycles. The molecule has 19 heavy (non-hydrogen) atoms. The van der Waals surface area contributed by atoms with Crippen molar-refractivity contribution < 1.29 is 14.9 Å². The zero-order valence-corrected chi connectivity index (χ0v) is 13.3. The topological polar surface area (TPSA) is 61.7 Å². The molecule has 0 aromatic rings. The van der Waals surface area contributed by atoms with Crippen LogP contribution in [0, 0.1) is 5.41 Å². The van der Waals surface area contributed by atoms with Crippen molar-refractivity contribution >= 4 is 0 Å². The van der Waals surface area contributed by atoms with Gasteiger partial charge in [-0.05, 0) is 47.5 Å². The molecule has 0 aromatic carbocycles. The first kappa shape index (κ1) is 16.9. The van der Waals surface area contributed by atoms with Gasteiger partial charge in [0.05, 0.1) is 25.4 Å². The van der Waals surface area contributed by atoms with E-state index in [1.54, 1.807) is 0 Å². The summed E-state index contributed by atoms with van der Waals surface area (Å²) in [5.41, 5.74) is -0.761. The van der Waals surface area contributed by atoms with E-state index in [1.165, 1.54) is 0 Å². The second-order valence-corrected chi connectivity index (χ2v) is 8.11. The van der Waals surface area contributed by atoms with E-state index in [4.69, 9.17) is 4.74 Å². The first-order chi connectivity index (χ1) is 8.45. The maximum Gasteiger partial charge on any atom is 0.0689 e. The van der Waals surface area contributed by atoms with E-state index in [9.17, 15) is 10.2 Å². The fourth-order valence-electron chi connectivity index (χ4n) is 3.53. The summed E-state index contributed by atoms with van der Waals surface area (Å²) in [7, 11) is 0. The molecular weight excluding hydrogens is 242 g/mol. The zero-order valence-electron chi connectivity index (χ0n) is 13.3. The molecule has 0 amide bonds. The maximum atomic E-state index is 9.35. The van der Waals surface area contributed by atoms with Crippen molar-refractivity contribution in [2.24, 2.45) is 5.41 Å². The normalized spacial score (nSPS) is 25.3. The van der Waals surface area contributed by atoms with Gasteiger partial charge in [-0.2, -0.15) is 0 Å². The van der Waals surface area contributed by atoms with Crippen molar-refractivity contribution in [3.05, 3.63) is 0 Å². The van der Waals surface area contributed by atoms with Crippen molar-refractivity contribution in [3.8, 4) is 0 Å². The lowest BCUT2D eigenvalue weighted by molar-refractivity contribution is -0.134. The molecule has 0 aliphatic carbocycles. The molecule has 0 spiro atoms. The Morgan fingerprint density at radius 3 is 1.79 bits per heavy atom. The van der Waals surface area contributed by atoms with Gasteiger partial charge in [0, 0.05) is 16.5 Å². The Morgan fingerprint density at radius 1 is 1.00 bits per heavy atom. The van der Waals surface area contributed by atoms with E-state index in [0.29, 0.717) is 6.61 Å². The number of rotatable bonds is 5. The highest BCUT2D eigenvalue weighted by molar-refractivity contribution is 5.03. The number of nitrogens with one attached hydrogen (secondary N) is 1. The molecule has 0 unspecified atom stereocenters. The Labute approximate surface area is 117 Å². The molecule has 0 bridgehead atoms. The Kier molecular flexibility index (Phi) is 4.73. The minimum Gasteiger partial charge on any atom is -0.396 e. The number of aliphatic hydroxyl groups is 2. The smallest absolute Gasteiger partial charge is 0.0689 e. The fraction of sp³-hybridized carbons (Fsp3) is 1.00. The molecule has 1 saturated heterocycles. The van der Waals surface area contributed by atoms with E-state index >= 15 is 0 Å². The number of piperidine rings is 1. The average molecular weight is 273 g/mol. The summed E-state index contributed by atoms with van der Waals surface area (Å²) < 4.78 is 6.13. The SMILES string of the molecule is CC(CO)(CO)COC1(C)CC(C)(C)NC(C)(C)C1. The van der Waals surface area contributed by atoms with Crippen molar-refractivity contribution in [1.29, 1.82) is 0 Å². The predicted molar refractivity (Wildman–Crippen MR) is 77.2 cm³/mol. The second-order valence-electron chi connectivity index (χ2n) is 8.11. The summed E-state index contributed by atoms with van der Waals surface area (Å²) in [4.78, 5) is 0. The lowest BCUT2D eigenvalue weighted by Gasteiger charge is -2.52. The number of aliphatic hydroxyl groups excluding tert-OH is 2. The van der Waals surface area contributed by atoms with Gasteiger partial charge in [-0.15, -0.1) is 0 Å². The minimum absolute atomic E-state index is 0.0192. The third-order valence-corrected chi connectivity index (χ3v) is 3.84. The highest BCUT2D eigenvalue weighted by Crippen LogP contribution is 2.39. The Balaban J connectivity index is 2.75. The number of hydrogen-bond donors (Lipinski definition) is 3. The quantitative estimate of drug-likeness (QED) is 0.713. The van der Waals surface area contributed by atoms with Crippen molar-refractivity contribution in [1.82, 2.24) is 5.32 Å². The summed E-state index contributed by atoms with van der Waals surface area (Å²) in [5.74, 6) is 0. The van der Waals surface area contributed by atoms with Gasteiger partial charge in [0.15, 0.2) is 0 Å². The van der Waals surface area contributed by atoms with Crippen molar-refractivity contribution in [3.63, 3.8) is 0 Å². The van der Waals surface area contributed by atoms with E-state index < -0.39 is 5.41 Å². The van der Waals surface area contributed by atoms with Gasteiger partial charge in [0.1, 0.15) is 0 Å². The van der Waals surface area contributed by atoms with Gasteiger partial charge >= 0.3 is 0 Å². The maximum absolute atomic E-state index is 9.35. The van der Waals surface area contributed by atoms with Crippen LogP contribution in [0.1, 0.15) is 54.4 Å². The molecule has 0 radical (unpaired) electrons. The number of ether oxygens (including phenoxy) is 1. The van der Waals surface area contributed by atoms with Gasteiger partial charge < -0.3 is 20.3 Å². The Bertz CT molecular complexity index is 293. The molecule has 1 aliphatic rings. The standard InChI is InChI=1S/C15H31NO3/c1-12(2)7-15(6,8-13(3,4)16-12)19-11-14(5,9-17)10-18/h16-18H,7-11H2,1-6H3. The van der Waals surface area contributed by atoms with Crippen LogP contribution in [0.2, 0.25) is 0 Å². The monoisotopic (exact) mass is 273 g/mol. The van der Waals surface area contributed by atoms with Gasteiger partial charge in [-0.25, -0.2) is 0 Å². The largest absolute Gasteiger partial charge is 0.396 e. The van der Waals surface area contributed by atoms with Crippen LogP contribution < -0.4 is 5.32 Å². The van der Waals surface area contributed by atoms with Crippen LogP contribution in [0.25, 0.3) is 0 Å². The summed E-state index contributed by atoms with van der Waals surface area (Å²) in [5, 5.41) is 22.3. The van der Waals surface area contributed by atoms with Crippen molar-refractivity contribution in [2.45, 2.75) is 71.1 Å². The van der Waals surface area contributed by atoms with Gasteiger partial charge in [0.2, 0.25) is 0 Å². The first-order valence-corrected chi connectivity index (χ1v) is 7.10. The molecule has 1 fully saturated rings. The predicted octanol–water partition coefficient (Wildman–Crippen LogP) is 1.69. The van der Waals surface area contributed by atoms with Crippen molar-refractivity contribution in [2.75, 3.05) is 19.8 Å². The molecule has 0 aromatic heterocycles. The van der Waals surface area contributed by atoms with Crippen LogP contribution in [0.15, 0.2) is 0 Å². The van der Waals surface area contributed by atoms with E-state index in [1.807, 2.05) is 6.92 Å². The molecule has 1 heterocycles. The summed E-state index contributed by atoms with van der Waals surface area (Å²) in [6, 6.07) is 0. The van der Waals surface area contributed by atoms with Crippen LogP contribution >= 0.6 is 0 Å². The van der Waals surface area contributed by atoms with Gasteiger partial charge in [-0.1, -0.05) is 6.92 Å². The van der Waals surface area contributed by atoms with Crippen LogP contribution in [0.4, 0.5) is 0 Å². The summed E-state index contributed by atoms with van der Waals surface area (Å²) >= 11 is 0. The highest BCUT2D eigenvalue weighted by Gasteiger charge is 2.45. The van der Waals surface area contributed by atoms with E-state index in [2.05, 4.69) is 39.9 Å². The molecule has 4 heteroatoms. The molecule has 0 atom stereocenters. The summed E-state index contributed by atoms with van der Waals surface area (Å²) in [6.45, 7) is 13.0. The van der Waals surface area contributed by atoms with Crippen LogP contribution in [-0.2, 0) is 4.74 Å². The molecular formula is C15H31NO3. The molecule has 4 nitrogen and oxygen atoms in total. The van der Waals surface area contributed by atoms with Gasteiger partial charge in [0.25, 0.3) is 0 Å². The lowest BCUT2D eigenvalue weighted by atomic mass is 9.73. The molecule has 1 rings (SSSR count). The zero-order chi connectivity index (χ0) is 14.9. The third-order valence-electron chi connectivity index (χ3n) is 3.84. The molecule has 114 valence electrons. The second kappa shape index (κ2) is 5.32.